The number of aliphatic hydroxyl groups excluding tert-OH is 1. The molecule has 0 heterocycles. The molecule has 1 unspecified atom stereocenters. The van der Waals surface area contributed by atoms with Crippen LogP contribution >= 0.6 is 11.8 Å². The van der Waals surface area contributed by atoms with Crippen LogP contribution in [0.2, 0.25) is 0 Å². The molecular formula is C10H21NO2S. The van der Waals surface area contributed by atoms with Crippen molar-refractivity contribution in [3.8, 4) is 0 Å². The summed E-state index contributed by atoms with van der Waals surface area (Å²) in [4.78, 5) is 13.1. The molecule has 0 aromatic rings. The second kappa shape index (κ2) is 8.12. The highest BCUT2D eigenvalue weighted by molar-refractivity contribution is 7.99. The molecule has 0 spiro atoms. The second-order valence-electron chi connectivity index (χ2n) is 3.51. The maximum absolute atomic E-state index is 11.5. The van der Waals surface area contributed by atoms with Gasteiger partial charge in [-0.1, -0.05) is 6.92 Å². The fourth-order valence-electron chi connectivity index (χ4n) is 0.919. The van der Waals surface area contributed by atoms with Gasteiger partial charge in [-0.15, -0.1) is 0 Å². The molecular weight excluding hydrogens is 198 g/mol. The lowest BCUT2D eigenvalue weighted by atomic mass is 10.3. The molecule has 0 fully saturated rings. The van der Waals surface area contributed by atoms with E-state index in [4.69, 9.17) is 5.11 Å². The lowest BCUT2D eigenvalue weighted by Crippen LogP contribution is -2.30. The Hall–Kier alpha value is -0.220. The Morgan fingerprint density at radius 1 is 1.57 bits per heavy atom. The van der Waals surface area contributed by atoms with Gasteiger partial charge in [-0.3, -0.25) is 4.79 Å². The zero-order valence-electron chi connectivity index (χ0n) is 9.32. The second-order valence-corrected chi connectivity index (χ2v) is 4.61. The highest BCUT2D eigenvalue weighted by Crippen LogP contribution is 2.04. The van der Waals surface area contributed by atoms with Crippen molar-refractivity contribution >= 4 is 17.7 Å². The molecule has 1 amide bonds. The SMILES string of the molecule is CCCSCC(=O)N(C)CCC(C)O. The van der Waals surface area contributed by atoms with Crippen LogP contribution in [0.1, 0.15) is 26.7 Å². The van der Waals surface area contributed by atoms with Gasteiger partial charge in [-0.05, 0) is 25.5 Å². The normalized spacial score (nSPS) is 12.6. The average Bonchev–Trinajstić information content (AvgIpc) is 2.14. The number of carbonyl (C=O) groups is 1. The lowest BCUT2D eigenvalue weighted by molar-refractivity contribution is -0.127. The molecule has 0 radical (unpaired) electrons. The van der Waals surface area contributed by atoms with E-state index in [-0.39, 0.29) is 12.0 Å². The van der Waals surface area contributed by atoms with Crippen LogP contribution in [-0.4, -0.2) is 47.1 Å². The van der Waals surface area contributed by atoms with Crippen molar-refractivity contribution < 1.29 is 9.90 Å². The topological polar surface area (TPSA) is 40.5 Å². The van der Waals surface area contributed by atoms with Gasteiger partial charge in [0.1, 0.15) is 0 Å². The van der Waals surface area contributed by atoms with Gasteiger partial charge in [0, 0.05) is 13.6 Å². The van der Waals surface area contributed by atoms with Crippen molar-refractivity contribution in [2.45, 2.75) is 32.8 Å². The predicted octanol–water partition coefficient (Wildman–Crippen LogP) is 1.36. The number of hydrogen-bond acceptors (Lipinski definition) is 3. The van der Waals surface area contributed by atoms with Gasteiger partial charge in [0.25, 0.3) is 0 Å². The minimum atomic E-state index is -0.325. The number of nitrogens with zero attached hydrogens (tertiary/aromatic N) is 1. The van der Waals surface area contributed by atoms with Crippen molar-refractivity contribution in [2.75, 3.05) is 25.1 Å². The standard InChI is InChI=1S/C10H21NO2S/c1-4-7-14-8-10(13)11(3)6-5-9(2)12/h9,12H,4-8H2,1-3H3. The van der Waals surface area contributed by atoms with Crippen LogP contribution in [0.3, 0.4) is 0 Å². The number of thioether (sulfide) groups is 1. The first kappa shape index (κ1) is 13.8. The Kier molecular flexibility index (Phi) is 7.99. The van der Waals surface area contributed by atoms with E-state index in [1.54, 1.807) is 30.6 Å². The first-order valence-electron chi connectivity index (χ1n) is 5.07. The van der Waals surface area contributed by atoms with Crippen molar-refractivity contribution in [1.29, 1.82) is 0 Å². The third kappa shape index (κ3) is 7.21. The van der Waals surface area contributed by atoms with Gasteiger partial charge < -0.3 is 10.0 Å². The molecule has 0 aliphatic rings. The number of amides is 1. The van der Waals surface area contributed by atoms with Crippen LogP contribution in [-0.2, 0) is 4.79 Å². The zero-order chi connectivity index (χ0) is 11.0. The lowest BCUT2D eigenvalue weighted by Gasteiger charge is -2.17. The van der Waals surface area contributed by atoms with Crippen LogP contribution in [0, 0.1) is 0 Å². The fourth-order valence-corrected chi connectivity index (χ4v) is 1.75. The zero-order valence-corrected chi connectivity index (χ0v) is 10.1. The molecule has 0 rings (SSSR count). The highest BCUT2D eigenvalue weighted by atomic mass is 32.2. The van der Waals surface area contributed by atoms with E-state index in [0.717, 1.165) is 12.2 Å². The third-order valence-electron chi connectivity index (χ3n) is 1.88. The quantitative estimate of drug-likeness (QED) is 0.657. The minimum absolute atomic E-state index is 0.157. The number of carbonyl (C=O) groups excluding carboxylic acids is 1. The Bertz CT molecular complexity index is 162. The van der Waals surface area contributed by atoms with E-state index in [2.05, 4.69) is 6.92 Å². The molecule has 0 saturated carbocycles. The first-order valence-corrected chi connectivity index (χ1v) is 6.23. The minimum Gasteiger partial charge on any atom is -0.393 e. The average molecular weight is 219 g/mol. The maximum Gasteiger partial charge on any atom is 0.232 e. The van der Waals surface area contributed by atoms with E-state index in [1.165, 1.54) is 0 Å². The summed E-state index contributed by atoms with van der Waals surface area (Å²) in [6.07, 6.45) is 1.43. The first-order chi connectivity index (χ1) is 6.57. The van der Waals surface area contributed by atoms with Crippen LogP contribution in [0.15, 0.2) is 0 Å². The largest absolute Gasteiger partial charge is 0.393 e. The van der Waals surface area contributed by atoms with E-state index in [1.807, 2.05) is 0 Å². The molecule has 0 aromatic carbocycles. The number of rotatable bonds is 7. The van der Waals surface area contributed by atoms with E-state index < -0.39 is 0 Å². The summed E-state index contributed by atoms with van der Waals surface area (Å²) in [6, 6.07) is 0. The molecule has 14 heavy (non-hydrogen) atoms. The molecule has 3 nitrogen and oxygen atoms in total. The van der Waals surface area contributed by atoms with Crippen LogP contribution in [0.4, 0.5) is 0 Å². The molecule has 0 aliphatic heterocycles. The summed E-state index contributed by atoms with van der Waals surface area (Å²) in [7, 11) is 1.79. The molecule has 4 heteroatoms. The van der Waals surface area contributed by atoms with Crippen molar-refractivity contribution in [3.63, 3.8) is 0 Å². The Morgan fingerprint density at radius 2 is 2.21 bits per heavy atom. The van der Waals surface area contributed by atoms with Gasteiger partial charge in [0.05, 0.1) is 11.9 Å². The van der Waals surface area contributed by atoms with Crippen molar-refractivity contribution in [1.82, 2.24) is 4.90 Å². The Labute approximate surface area is 90.9 Å². The predicted molar refractivity (Wildman–Crippen MR) is 61.6 cm³/mol. The molecule has 0 bridgehead atoms. The smallest absolute Gasteiger partial charge is 0.232 e. The number of aliphatic hydroxyl groups is 1. The molecule has 1 N–H and O–H groups in total. The molecule has 0 aliphatic carbocycles. The Balaban J connectivity index is 3.54. The van der Waals surface area contributed by atoms with E-state index in [9.17, 15) is 4.79 Å². The van der Waals surface area contributed by atoms with Gasteiger partial charge >= 0.3 is 0 Å². The molecule has 1 atom stereocenters. The summed E-state index contributed by atoms with van der Waals surface area (Å²) in [5.41, 5.74) is 0. The monoisotopic (exact) mass is 219 g/mol. The fraction of sp³-hybridized carbons (Fsp3) is 0.900. The molecule has 0 aromatic heterocycles. The summed E-state index contributed by atoms with van der Waals surface area (Å²) >= 11 is 1.67. The number of hydrogen-bond donors (Lipinski definition) is 1. The van der Waals surface area contributed by atoms with Gasteiger partial charge in [0.15, 0.2) is 0 Å². The van der Waals surface area contributed by atoms with Crippen molar-refractivity contribution in [2.24, 2.45) is 0 Å². The summed E-state index contributed by atoms with van der Waals surface area (Å²) < 4.78 is 0. The van der Waals surface area contributed by atoms with E-state index in [0.29, 0.717) is 18.7 Å². The maximum atomic E-state index is 11.5. The van der Waals surface area contributed by atoms with Gasteiger partial charge in [-0.25, -0.2) is 0 Å². The van der Waals surface area contributed by atoms with Gasteiger partial charge in [0.2, 0.25) is 5.91 Å². The van der Waals surface area contributed by atoms with Crippen LogP contribution < -0.4 is 0 Å². The highest BCUT2D eigenvalue weighted by Gasteiger charge is 2.08. The molecule has 0 saturated heterocycles. The summed E-state index contributed by atoms with van der Waals surface area (Å²) in [6.45, 7) is 4.49. The third-order valence-corrected chi connectivity index (χ3v) is 3.03. The van der Waals surface area contributed by atoms with Crippen molar-refractivity contribution in [3.05, 3.63) is 0 Å². The van der Waals surface area contributed by atoms with Crippen LogP contribution in [0.5, 0.6) is 0 Å². The van der Waals surface area contributed by atoms with E-state index >= 15 is 0 Å². The molecule has 84 valence electrons. The van der Waals surface area contributed by atoms with Crippen LogP contribution in [0.25, 0.3) is 0 Å². The Morgan fingerprint density at radius 3 is 2.71 bits per heavy atom. The van der Waals surface area contributed by atoms with Gasteiger partial charge in [-0.2, -0.15) is 11.8 Å². The summed E-state index contributed by atoms with van der Waals surface area (Å²) in [5, 5.41) is 9.05. The summed E-state index contributed by atoms with van der Waals surface area (Å²) in [5.74, 6) is 1.75.